The molecule has 0 aliphatic heterocycles. The topological polar surface area (TPSA) is 37.3 Å². The number of hydrogen-bond acceptors (Lipinski definition) is 3. The second-order valence-corrected chi connectivity index (χ2v) is 6.08. The van der Waals surface area contributed by atoms with Crippen LogP contribution in [0.1, 0.15) is 12.0 Å². The number of aliphatic carboxylic acids is 1. The number of thioether (sulfide) groups is 2. The van der Waals surface area contributed by atoms with Crippen molar-refractivity contribution in [3.63, 3.8) is 0 Å². The summed E-state index contributed by atoms with van der Waals surface area (Å²) in [6.45, 7) is 0. The summed E-state index contributed by atoms with van der Waals surface area (Å²) < 4.78 is 73.8. The van der Waals surface area contributed by atoms with Gasteiger partial charge < -0.3 is 5.11 Å². The minimum atomic E-state index is -4.63. The van der Waals surface area contributed by atoms with Crippen molar-refractivity contribution in [2.24, 2.45) is 0 Å². The third-order valence-corrected chi connectivity index (χ3v) is 3.44. The molecule has 21 heavy (non-hydrogen) atoms. The number of halogens is 6. The molecule has 0 saturated heterocycles. The molecule has 0 bridgehead atoms. The van der Waals surface area contributed by atoms with E-state index < -0.39 is 50.3 Å². The van der Waals surface area contributed by atoms with Crippen molar-refractivity contribution < 1.29 is 36.2 Å². The number of alkyl halides is 6. The Morgan fingerprint density at radius 1 is 0.952 bits per heavy atom. The fraction of sp³-hybridized carbons (Fsp3) is 0.364. The fourth-order valence-corrected chi connectivity index (χ4v) is 2.81. The first-order valence-corrected chi connectivity index (χ1v) is 6.95. The quantitative estimate of drug-likeness (QED) is 0.604. The number of carboxylic acids is 1. The van der Waals surface area contributed by atoms with E-state index in [4.69, 9.17) is 5.11 Å². The van der Waals surface area contributed by atoms with Crippen LogP contribution in [-0.4, -0.2) is 22.1 Å². The maximum Gasteiger partial charge on any atom is 0.446 e. The first-order valence-electron chi connectivity index (χ1n) is 5.32. The van der Waals surface area contributed by atoms with Crippen LogP contribution in [0, 0.1) is 0 Å². The van der Waals surface area contributed by atoms with Crippen molar-refractivity contribution in [3.8, 4) is 0 Å². The molecule has 0 aliphatic carbocycles. The smallest absolute Gasteiger partial charge is 0.446 e. The van der Waals surface area contributed by atoms with Gasteiger partial charge in [0.25, 0.3) is 0 Å². The molecule has 0 fully saturated rings. The predicted molar refractivity (Wildman–Crippen MR) is 66.2 cm³/mol. The molecule has 0 unspecified atom stereocenters. The number of hydrogen-bond donors (Lipinski definition) is 1. The molecule has 0 spiro atoms. The van der Waals surface area contributed by atoms with Crippen molar-refractivity contribution >= 4 is 29.5 Å². The van der Waals surface area contributed by atoms with Crippen LogP contribution >= 0.6 is 23.5 Å². The van der Waals surface area contributed by atoms with Crippen LogP contribution < -0.4 is 0 Å². The van der Waals surface area contributed by atoms with Gasteiger partial charge in [0.1, 0.15) is 0 Å². The molecule has 118 valence electrons. The molecular weight excluding hydrogens is 342 g/mol. The fourth-order valence-electron chi connectivity index (χ4n) is 1.41. The molecule has 0 heterocycles. The normalized spacial score (nSPS) is 12.5. The summed E-state index contributed by atoms with van der Waals surface area (Å²) in [5, 5.41) is 8.52. The van der Waals surface area contributed by atoms with Crippen molar-refractivity contribution in [3.05, 3.63) is 23.8 Å². The van der Waals surface area contributed by atoms with E-state index in [1.807, 2.05) is 0 Å². The van der Waals surface area contributed by atoms with Crippen LogP contribution in [0.5, 0.6) is 0 Å². The molecule has 0 aromatic heterocycles. The van der Waals surface area contributed by atoms with Gasteiger partial charge in [0.15, 0.2) is 0 Å². The van der Waals surface area contributed by atoms with Gasteiger partial charge in [-0.1, -0.05) is 0 Å². The third-order valence-electron chi connectivity index (χ3n) is 2.03. The molecule has 0 amide bonds. The minimum Gasteiger partial charge on any atom is -0.481 e. The zero-order valence-electron chi connectivity index (χ0n) is 10.1. The van der Waals surface area contributed by atoms with Gasteiger partial charge in [-0.2, -0.15) is 26.3 Å². The highest BCUT2D eigenvalue weighted by molar-refractivity contribution is 8.01. The molecule has 1 aromatic rings. The molecule has 0 saturated carbocycles. The number of carboxylic acid groups (broad SMARTS) is 1. The standard InChI is InChI=1S/C11H8F6O2S2/c12-10(13,14)20-7-3-6(1-2-9(18)19)4-8(5-7)21-11(15,16)17/h3-5H,1-2H2,(H,18,19). The summed E-state index contributed by atoms with van der Waals surface area (Å²) in [6, 6.07) is 2.86. The Balaban J connectivity index is 3.04. The number of rotatable bonds is 5. The van der Waals surface area contributed by atoms with Crippen LogP contribution in [0.15, 0.2) is 28.0 Å². The average molecular weight is 350 g/mol. The van der Waals surface area contributed by atoms with Gasteiger partial charge in [0.2, 0.25) is 0 Å². The van der Waals surface area contributed by atoms with E-state index in [9.17, 15) is 31.1 Å². The molecular formula is C11H8F6O2S2. The highest BCUT2D eigenvalue weighted by atomic mass is 32.2. The third kappa shape index (κ3) is 8.10. The second-order valence-electron chi connectivity index (χ2n) is 3.80. The molecule has 0 atom stereocenters. The van der Waals surface area contributed by atoms with Crippen molar-refractivity contribution in [1.29, 1.82) is 0 Å². The van der Waals surface area contributed by atoms with E-state index in [2.05, 4.69) is 0 Å². The van der Waals surface area contributed by atoms with Crippen molar-refractivity contribution in [2.45, 2.75) is 33.6 Å². The lowest BCUT2D eigenvalue weighted by molar-refractivity contribution is -0.136. The molecule has 1 rings (SSSR count). The summed E-state index contributed by atoms with van der Waals surface area (Å²) >= 11 is -1.08. The highest BCUT2D eigenvalue weighted by Crippen LogP contribution is 2.42. The Morgan fingerprint density at radius 2 is 1.38 bits per heavy atom. The van der Waals surface area contributed by atoms with Crippen LogP contribution in [-0.2, 0) is 11.2 Å². The van der Waals surface area contributed by atoms with E-state index in [0.717, 1.165) is 18.2 Å². The summed E-state index contributed by atoms with van der Waals surface area (Å²) in [6.07, 6.45) is -0.525. The molecule has 1 aromatic carbocycles. The van der Waals surface area contributed by atoms with Gasteiger partial charge in [-0.25, -0.2) is 0 Å². The lowest BCUT2D eigenvalue weighted by Crippen LogP contribution is -2.03. The van der Waals surface area contributed by atoms with Gasteiger partial charge in [-0.05, 0) is 53.7 Å². The van der Waals surface area contributed by atoms with E-state index >= 15 is 0 Å². The zero-order chi connectivity index (χ0) is 16.3. The zero-order valence-corrected chi connectivity index (χ0v) is 11.7. The maximum absolute atomic E-state index is 12.3. The highest BCUT2D eigenvalue weighted by Gasteiger charge is 2.32. The Hall–Kier alpha value is -1.03. The van der Waals surface area contributed by atoms with Gasteiger partial charge in [-0.3, -0.25) is 4.79 Å². The van der Waals surface area contributed by atoms with Crippen molar-refractivity contribution in [2.75, 3.05) is 0 Å². The molecule has 1 N–H and O–H groups in total. The van der Waals surface area contributed by atoms with Gasteiger partial charge in [-0.15, -0.1) is 0 Å². The van der Waals surface area contributed by atoms with Crippen LogP contribution in [0.4, 0.5) is 26.3 Å². The van der Waals surface area contributed by atoms with Crippen molar-refractivity contribution in [1.82, 2.24) is 0 Å². The van der Waals surface area contributed by atoms with E-state index in [0.29, 0.717) is 0 Å². The SMILES string of the molecule is O=C(O)CCc1cc(SC(F)(F)F)cc(SC(F)(F)F)c1. The first kappa shape index (κ1) is 18.0. The largest absolute Gasteiger partial charge is 0.481 e. The molecule has 10 heteroatoms. The minimum absolute atomic E-state index is 0.110. The van der Waals surface area contributed by atoms with Gasteiger partial charge >= 0.3 is 17.0 Å². The Morgan fingerprint density at radius 3 is 1.71 bits per heavy atom. The number of aryl methyl sites for hydroxylation is 1. The lowest BCUT2D eigenvalue weighted by atomic mass is 10.1. The second kappa shape index (κ2) is 6.82. The lowest BCUT2D eigenvalue weighted by Gasteiger charge is -2.11. The molecule has 2 nitrogen and oxygen atoms in total. The summed E-state index contributed by atoms with van der Waals surface area (Å²) in [7, 11) is 0. The van der Waals surface area contributed by atoms with Crippen LogP contribution in [0.3, 0.4) is 0 Å². The maximum atomic E-state index is 12.3. The van der Waals surface area contributed by atoms with E-state index in [1.165, 1.54) is 0 Å². The summed E-state index contributed by atoms with van der Waals surface area (Å²) in [4.78, 5) is 9.62. The monoisotopic (exact) mass is 350 g/mol. The Labute approximate surface area is 123 Å². The van der Waals surface area contributed by atoms with Gasteiger partial charge in [0, 0.05) is 16.2 Å². The Bertz CT molecular complexity index is 478. The first-order chi connectivity index (χ1) is 9.44. The number of carbonyl (C=O) groups is 1. The predicted octanol–water partition coefficient (Wildman–Crippen LogP) is 4.93. The van der Waals surface area contributed by atoms with E-state index in [-0.39, 0.29) is 18.4 Å². The van der Waals surface area contributed by atoms with E-state index in [1.54, 1.807) is 0 Å². The van der Waals surface area contributed by atoms with Crippen LogP contribution in [0.2, 0.25) is 0 Å². The summed E-state index contributed by atoms with van der Waals surface area (Å²) in [5.74, 6) is -1.19. The summed E-state index contributed by atoms with van der Waals surface area (Å²) in [5.41, 5.74) is -9.16. The number of benzene rings is 1. The molecule has 0 radical (unpaired) electrons. The Kier molecular flexibility index (Phi) is 5.85. The van der Waals surface area contributed by atoms with Gasteiger partial charge in [0.05, 0.1) is 0 Å². The average Bonchev–Trinajstić information content (AvgIpc) is 2.20. The molecule has 0 aliphatic rings. The van der Waals surface area contributed by atoms with Crippen LogP contribution in [0.25, 0.3) is 0 Å².